The Morgan fingerprint density at radius 1 is 1.07 bits per heavy atom. The van der Waals surface area contributed by atoms with Gasteiger partial charge in [0.2, 0.25) is 15.9 Å². The molecule has 2 aromatic rings. The van der Waals surface area contributed by atoms with Crippen LogP contribution in [0.5, 0.6) is 0 Å². The van der Waals surface area contributed by atoms with Crippen molar-refractivity contribution in [3.63, 3.8) is 0 Å². The maximum absolute atomic E-state index is 12.6. The number of sulfonamides is 1. The monoisotopic (exact) mass is 398 g/mol. The number of carbonyl (C=O) groups is 1. The van der Waals surface area contributed by atoms with Gasteiger partial charge < -0.3 is 4.90 Å². The second-order valence-corrected chi connectivity index (χ2v) is 9.49. The van der Waals surface area contributed by atoms with E-state index in [-0.39, 0.29) is 11.7 Å². The number of benzene rings is 2. The number of carbonyl (C=O) groups excluding carboxylic acids is 1. The van der Waals surface area contributed by atoms with Crippen molar-refractivity contribution < 1.29 is 13.2 Å². The van der Waals surface area contributed by atoms with Crippen molar-refractivity contribution >= 4 is 27.3 Å². The molecule has 0 atom stereocenters. The normalized spacial score (nSPS) is 16.8. The molecule has 0 bridgehead atoms. The Bertz CT molecular complexity index is 979. The van der Waals surface area contributed by atoms with Crippen LogP contribution in [0.25, 0.3) is 0 Å². The van der Waals surface area contributed by atoms with Crippen LogP contribution in [0, 0.1) is 0 Å². The molecule has 1 aliphatic heterocycles. The van der Waals surface area contributed by atoms with Gasteiger partial charge in [0, 0.05) is 24.3 Å². The summed E-state index contributed by atoms with van der Waals surface area (Å²) in [5.41, 5.74) is 4.56. The molecule has 0 unspecified atom stereocenters. The highest BCUT2D eigenvalue weighted by molar-refractivity contribution is 7.91. The molecule has 1 saturated carbocycles. The van der Waals surface area contributed by atoms with Gasteiger partial charge in [-0.15, -0.1) is 0 Å². The number of fused-ring (bicyclic) bond motifs is 1. The molecule has 1 heterocycles. The van der Waals surface area contributed by atoms with Gasteiger partial charge in [-0.2, -0.15) is 0 Å². The molecule has 148 valence electrons. The summed E-state index contributed by atoms with van der Waals surface area (Å²) in [6.45, 7) is 2.73. The molecule has 4 rings (SSSR count). The SMILES string of the molecule is CCCN1C(=O)CCc2cc(NS(=O)(=O)Cc3ccc(C4CC4)cc3)ccc21. The maximum Gasteiger partial charge on any atom is 0.236 e. The summed E-state index contributed by atoms with van der Waals surface area (Å²) in [5.74, 6) is 0.755. The Kier molecular flexibility index (Phi) is 5.15. The Morgan fingerprint density at radius 3 is 2.50 bits per heavy atom. The molecule has 1 N–H and O–H groups in total. The van der Waals surface area contributed by atoms with Gasteiger partial charge in [0.15, 0.2) is 0 Å². The summed E-state index contributed by atoms with van der Waals surface area (Å²) in [4.78, 5) is 14.0. The molecule has 0 spiro atoms. The third-order valence-corrected chi connectivity index (χ3v) is 6.65. The van der Waals surface area contributed by atoms with Gasteiger partial charge in [-0.25, -0.2) is 8.42 Å². The van der Waals surface area contributed by atoms with E-state index in [4.69, 9.17) is 0 Å². The molecule has 1 aliphatic carbocycles. The van der Waals surface area contributed by atoms with Crippen molar-refractivity contribution in [1.29, 1.82) is 0 Å². The largest absolute Gasteiger partial charge is 0.312 e. The molecule has 2 aliphatic rings. The van der Waals surface area contributed by atoms with E-state index in [2.05, 4.69) is 4.72 Å². The van der Waals surface area contributed by atoms with Crippen molar-refractivity contribution in [3.05, 3.63) is 59.2 Å². The molecule has 1 fully saturated rings. The van der Waals surface area contributed by atoms with E-state index in [0.29, 0.717) is 31.0 Å². The minimum absolute atomic E-state index is 0.0462. The smallest absolute Gasteiger partial charge is 0.236 e. The zero-order valence-electron chi connectivity index (χ0n) is 16.1. The van der Waals surface area contributed by atoms with E-state index in [9.17, 15) is 13.2 Å². The van der Waals surface area contributed by atoms with Crippen LogP contribution in [-0.4, -0.2) is 20.9 Å². The Balaban J connectivity index is 1.47. The zero-order chi connectivity index (χ0) is 19.7. The average molecular weight is 399 g/mol. The standard InChI is InChI=1S/C22H26N2O3S/c1-2-13-24-21-11-10-20(14-19(21)9-12-22(24)25)23-28(26,27)15-16-3-5-17(6-4-16)18-7-8-18/h3-6,10-11,14,18,23H,2,7-9,12-13,15H2,1H3. The molecule has 28 heavy (non-hydrogen) atoms. The first kappa shape index (κ1) is 19.0. The topological polar surface area (TPSA) is 66.5 Å². The predicted molar refractivity (Wildman–Crippen MR) is 112 cm³/mol. The fourth-order valence-electron chi connectivity index (χ4n) is 3.83. The highest BCUT2D eigenvalue weighted by Gasteiger charge is 2.25. The van der Waals surface area contributed by atoms with Crippen LogP contribution in [0.4, 0.5) is 11.4 Å². The number of rotatable bonds is 7. The fraction of sp³-hybridized carbons (Fsp3) is 0.409. The van der Waals surface area contributed by atoms with Crippen LogP contribution < -0.4 is 9.62 Å². The number of hydrogen-bond donors (Lipinski definition) is 1. The molecular formula is C22H26N2O3S. The minimum Gasteiger partial charge on any atom is -0.312 e. The first-order valence-corrected chi connectivity index (χ1v) is 11.6. The summed E-state index contributed by atoms with van der Waals surface area (Å²) in [7, 11) is -3.50. The number of aryl methyl sites for hydroxylation is 1. The van der Waals surface area contributed by atoms with Gasteiger partial charge in [0.1, 0.15) is 0 Å². The van der Waals surface area contributed by atoms with E-state index in [1.54, 1.807) is 11.0 Å². The Labute approximate surface area is 166 Å². The van der Waals surface area contributed by atoms with Crippen molar-refractivity contribution in [2.45, 2.75) is 50.7 Å². The van der Waals surface area contributed by atoms with Gasteiger partial charge in [-0.3, -0.25) is 9.52 Å². The molecule has 0 saturated heterocycles. The minimum atomic E-state index is -3.50. The van der Waals surface area contributed by atoms with Crippen molar-refractivity contribution in [2.24, 2.45) is 0 Å². The fourth-order valence-corrected chi connectivity index (χ4v) is 5.02. The highest BCUT2D eigenvalue weighted by atomic mass is 32.2. The number of amides is 1. The summed E-state index contributed by atoms with van der Waals surface area (Å²) in [6, 6.07) is 13.4. The van der Waals surface area contributed by atoms with E-state index in [0.717, 1.165) is 23.2 Å². The summed E-state index contributed by atoms with van der Waals surface area (Å²) < 4.78 is 27.9. The van der Waals surface area contributed by atoms with Crippen LogP contribution in [0.1, 0.15) is 55.2 Å². The molecular weight excluding hydrogens is 372 g/mol. The number of hydrogen-bond acceptors (Lipinski definition) is 3. The van der Waals surface area contributed by atoms with E-state index in [1.807, 2.05) is 43.3 Å². The molecule has 5 nitrogen and oxygen atoms in total. The molecule has 0 radical (unpaired) electrons. The van der Waals surface area contributed by atoms with E-state index >= 15 is 0 Å². The van der Waals surface area contributed by atoms with Gasteiger partial charge in [0.25, 0.3) is 0 Å². The third-order valence-electron chi connectivity index (χ3n) is 5.39. The lowest BCUT2D eigenvalue weighted by atomic mass is 10.0. The molecule has 2 aromatic carbocycles. The van der Waals surface area contributed by atoms with Crippen LogP contribution in [0.2, 0.25) is 0 Å². The molecule has 0 aromatic heterocycles. The van der Waals surface area contributed by atoms with Crippen LogP contribution in [-0.2, 0) is 27.0 Å². The molecule has 6 heteroatoms. The summed E-state index contributed by atoms with van der Waals surface area (Å²) in [5, 5.41) is 0. The first-order valence-electron chi connectivity index (χ1n) is 9.98. The zero-order valence-corrected chi connectivity index (χ0v) is 17.0. The van der Waals surface area contributed by atoms with E-state index in [1.165, 1.54) is 18.4 Å². The summed E-state index contributed by atoms with van der Waals surface area (Å²) >= 11 is 0. The Hall–Kier alpha value is -2.34. The molecule has 1 amide bonds. The Morgan fingerprint density at radius 2 is 1.82 bits per heavy atom. The first-order chi connectivity index (χ1) is 13.4. The van der Waals surface area contributed by atoms with Crippen LogP contribution in [0.15, 0.2) is 42.5 Å². The lowest BCUT2D eigenvalue weighted by Crippen LogP contribution is -2.35. The lowest BCUT2D eigenvalue weighted by molar-refractivity contribution is -0.118. The predicted octanol–water partition coefficient (Wildman–Crippen LogP) is 4.20. The maximum atomic E-state index is 12.6. The van der Waals surface area contributed by atoms with Crippen molar-refractivity contribution in [2.75, 3.05) is 16.2 Å². The van der Waals surface area contributed by atoms with Crippen molar-refractivity contribution in [3.8, 4) is 0 Å². The summed E-state index contributed by atoms with van der Waals surface area (Å²) in [6.07, 6.45) is 4.47. The quantitative estimate of drug-likeness (QED) is 0.760. The lowest BCUT2D eigenvalue weighted by Gasteiger charge is -2.29. The van der Waals surface area contributed by atoms with Crippen LogP contribution >= 0.6 is 0 Å². The average Bonchev–Trinajstić information content (AvgIpc) is 3.49. The highest BCUT2D eigenvalue weighted by Crippen LogP contribution is 2.40. The number of anilines is 2. The van der Waals surface area contributed by atoms with Gasteiger partial charge in [0.05, 0.1) is 5.75 Å². The van der Waals surface area contributed by atoms with Gasteiger partial charge >= 0.3 is 0 Å². The third kappa shape index (κ3) is 4.22. The van der Waals surface area contributed by atoms with Crippen molar-refractivity contribution in [1.82, 2.24) is 0 Å². The number of nitrogens with one attached hydrogen (secondary N) is 1. The van der Waals surface area contributed by atoms with Crippen LogP contribution in [0.3, 0.4) is 0 Å². The van der Waals surface area contributed by atoms with Gasteiger partial charge in [-0.1, -0.05) is 31.2 Å². The van der Waals surface area contributed by atoms with Gasteiger partial charge in [-0.05, 0) is 66.5 Å². The second-order valence-electron chi connectivity index (χ2n) is 7.77. The number of nitrogens with zero attached hydrogens (tertiary/aromatic N) is 1. The van der Waals surface area contributed by atoms with E-state index < -0.39 is 10.0 Å². The second kappa shape index (κ2) is 7.59.